The summed E-state index contributed by atoms with van der Waals surface area (Å²) >= 11 is 0. The normalized spacial score (nSPS) is 44.0. The number of rotatable bonds is 3. The third kappa shape index (κ3) is 2.07. The fourth-order valence-corrected chi connectivity index (χ4v) is 5.19. The summed E-state index contributed by atoms with van der Waals surface area (Å²) in [6.07, 6.45) is 4.96. The van der Waals surface area contributed by atoms with Crippen molar-refractivity contribution in [2.45, 2.75) is 77.9 Å². The van der Waals surface area contributed by atoms with Gasteiger partial charge >= 0.3 is 7.12 Å². The van der Waals surface area contributed by atoms with E-state index in [2.05, 4.69) is 34.6 Å². The Balaban J connectivity index is 1.78. The van der Waals surface area contributed by atoms with Crippen LogP contribution in [0.5, 0.6) is 0 Å². The summed E-state index contributed by atoms with van der Waals surface area (Å²) in [4.78, 5) is 0. The maximum absolute atomic E-state index is 6.43. The Morgan fingerprint density at radius 3 is 2.60 bits per heavy atom. The molecule has 0 amide bonds. The minimum absolute atomic E-state index is 0.000867. The third-order valence-electron chi connectivity index (χ3n) is 6.35. The SMILES string of the molecule is CC(C)C[C@@H](N)B1O[C@H]2C[C@H]3CC[C@@H](C3(C)C)[C@]2(C)O1. The second-order valence-corrected chi connectivity index (χ2v) is 8.47. The monoisotopic (exact) mass is 279 g/mol. The van der Waals surface area contributed by atoms with Gasteiger partial charge in [-0.25, -0.2) is 0 Å². The van der Waals surface area contributed by atoms with Gasteiger partial charge < -0.3 is 15.0 Å². The van der Waals surface area contributed by atoms with E-state index >= 15 is 0 Å². The lowest BCUT2D eigenvalue weighted by molar-refractivity contribution is -0.0903. The predicted molar refractivity (Wildman–Crippen MR) is 82.2 cm³/mol. The summed E-state index contributed by atoms with van der Waals surface area (Å²) in [5.74, 6) is 1.98. The van der Waals surface area contributed by atoms with Crippen LogP contribution in [0.4, 0.5) is 0 Å². The Morgan fingerprint density at radius 2 is 1.95 bits per heavy atom. The molecule has 2 aliphatic carbocycles. The second kappa shape index (κ2) is 4.72. The standard InChI is InChI=1S/C16H30BNO2/c1-10(2)8-14(18)17-19-13-9-11-6-7-12(15(11,3)4)16(13,5)20-17/h10-14H,6-9,18H2,1-5H3/t11-,12+,13+,14-,16+/m1/s1. The molecule has 0 aromatic rings. The molecule has 1 heterocycles. The van der Waals surface area contributed by atoms with Crippen molar-refractivity contribution in [1.29, 1.82) is 0 Å². The van der Waals surface area contributed by atoms with Crippen molar-refractivity contribution in [3.05, 3.63) is 0 Å². The summed E-state index contributed by atoms with van der Waals surface area (Å²) in [6.45, 7) is 11.5. The van der Waals surface area contributed by atoms with Crippen LogP contribution in [0.2, 0.25) is 0 Å². The molecular formula is C16H30BNO2. The van der Waals surface area contributed by atoms with E-state index < -0.39 is 0 Å². The van der Waals surface area contributed by atoms with Crippen molar-refractivity contribution >= 4 is 7.12 Å². The lowest BCUT2D eigenvalue weighted by Gasteiger charge is -2.50. The van der Waals surface area contributed by atoms with Gasteiger partial charge in [0.25, 0.3) is 0 Å². The first kappa shape index (κ1) is 14.9. The third-order valence-corrected chi connectivity index (χ3v) is 6.35. The molecule has 4 heteroatoms. The van der Waals surface area contributed by atoms with Gasteiger partial charge in [-0.05, 0) is 55.8 Å². The molecule has 0 aromatic carbocycles. The minimum atomic E-state index is -0.206. The highest BCUT2D eigenvalue weighted by Gasteiger charge is 2.64. The van der Waals surface area contributed by atoms with Crippen LogP contribution < -0.4 is 5.73 Å². The summed E-state index contributed by atoms with van der Waals surface area (Å²) in [5.41, 5.74) is 6.56. The van der Waals surface area contributed by atoms with E-state index in [4.69, 9.17) is 15.0 Å². The van der Waals surface area contributed by atoms with E-state index in [1.165, 1.54) is 12.8 Å². The Bertz CT molecular complexity index is 387. The van der Waals surface area contributed by atoms with Gasteiger partial charge in [0.15, 0.2) is 0 Å². The highest BCUT2D eigenvalue weighted by Crippen LogP contribution is 2.62. The van der Waals surface area contributed by atoms with Crippen molar-refractivity contribution in [2.75, 3.05) is 0 Å². The lowest BCUT2D eigenvalue weighted by atomic mass is 9.60. The average Bonchev–Trinajstić information content (AvgIpc) is 2.74. The topological polar surface area (TPSA) is 44.5 Å². The number of fused-ring (bicyclic) bond motifs is 4. The molecule has 0 aromatic heterocycles. The molecule has 3 nitrogen and oxygen atoms in total. The molecule has 2 bridgehead atoms. The minimum Gasteiger partial charge on any atom is -0.404 e. The molecule has 114 valence electrons. The molecule has 3 rings (SSSR count). The van der Waals surface area contributed by atoms with Crippen LogP contribution in [0.1, 0.15) is 60.3 Å². The zero-order valence-corrected chi connectivity index (χ0v) is 13.7. The number of hydrogen-bond donors (Lipinski definition) is 1. The van der Waals surface area contributed by atoms with Gasteiger partial charge in [-0.1, -0.05) is 27.7 Å². The first-order chi connectivity index (χ1) is 9.25. The predicted octanol–water partition coefficient (Wildman–Crippen LogP) is 3.02. The van der Waals surface area contributed by atoms with Crippen LogP contribution in [-0.4, -0.2) is 24.8 Å². The van der Waals surface area contributed by atoms with E-state index in [-0.39, 0.29) is 24.8 Å². The van der Waals surface area contributed by atoms with E-state index in [9.17, 15) is 0 Å². The molecule has 5 atom stereocenters. The van der Waals surface area contributed by atoms with Crippen LogP contribution in [0.15, 0.2) is 0 Å². The van der Waals surface area contributed by atoms with E-state index in [0.717, 1.165) is 18.8 Å². The molecular weight excluding hydrogens is 249 g/mol. The van der Waals surface area contributed by atoms with Gasteiger partial charge in [0.1, 0.15) is 0 Å². The molecule has 2 saturated carbocycles. The van der Waals surface area contributed by atoms with E-state index in [0.29, 0.717) is 17.3 Å². The van der Waals surface area contributed by atoms with Gasteiger partial charge in [-0.2, -0.15) is 0 Å². The smallest absolute Gasteiger partial charge is 0.404 e. The van der Waals surface area contributed by atoms with Gasteiger partial charge in [0, 0.05) is 5.94 Å². The highest BCUT2D eigenvalue weighted by molar-refractivity contribution is 6.47. The Morgan fingerprint density at radius 1 is 1.25 bits per heavy atom. The van der Waals surface area contributed by atoms with Crippen LogP contribution in [0, 0.1) is 23.2 Å². The first-order valence-electron chi connectivity index (χ1n) is 8.34. The van der Waals surface area contributed by atoms with Gasteiger partial charge in [-0.15, -0.1) is 0 Å². The van der Waals surface area contributed by atoms with Crippen LogP contribution in [0.25, 0.3) is 0 Å². The zero-order chi connectivity index (χ0) is 14.7. The van der Waals surface area contributed by atoms with Crippen LogP contribution in [0.3, 0.4) is 0 Å². The Labute approximate surface area is 124 Å². The van der Waals surface area contributed by atoms with Crippen molar-refractivity contribution in [3.8, 4) is 0 Å². The van der Waals surface area contributed by atoms with E-state index in [1.54, 1.807) is 0 Å². The van der Waals surface area contributed by atoms with Crippen LogP contribution >= 0.6 is 0 Å². The molecule has 0 unspecified atom stereocenters. The van der Waals surface area contributed by atoms with Crippen LogP contribution in [-0.2, 0) is 9.31 Å². The maximum Gasteiger partial charge on any atom is 0.475 e. The second-order valence-electron chi connectivity index (χ2n) is 8.47. The summed E-state index contributed by atoms with van der Waals surface area (Å²) in [6, 6.07) is 0. The van der Waals surface area contributed by atoms with Gasteiger partial charge in [0.05, 0.1) is 11.7 Å². The highest BCUT2D eigenvalue weighted by atomic mass is 16.7. The fourth-order valence-electron chi connectivity index (χ4n) is 5.19. The number of nitrogens with two attached hydrogens (primary N) is 1. The largest absolute Gasteiger partial charge is 0.475 e. The maximum atomic E-state index is 6.43. The quantitative estimate of drug-likeness (QED) is 0.808. The molecule has 0 radical (unpaired) electrons. The van der Waals surface area contributed by atoms with Crippen molar-refractivity contribution in [1.82, 2.24) is 0 Å². The summed E-state index contributed by atoms with van der Waals surface area (Å²) in [7, 11) is -0.206. The lowest BCUT2D eigenvalue weighted by Crippen LogP contribution is -2.54. The average molecular weight is 279 g/mol. The molecule has 3 fully saturated rings. The van der Waals surface area contributed by atoms with Crippen molar-refractivity contribution in [3.63, 3.8) is 0 Å². The Kier molecular flexibility index (Phi) is 3.51. The molecule has 3 aliphatic rings. The summed E-state index contributed by atoms with van der Waals surface area (Å²) in [5, 5.41) is 0. The fraction of sp³-hybridized carbons (Fsp3) is 1.00. The zero-order valence-electron chi connectivity index (χ0n) is 13.7. The van der Waals surface area contributed by atoms with E-state index in [1.807, 2.05) is 0 Å². The number of hydrogen-bond acceptors (Lipinski definition) is 3. The van der Waals surface area contributed by atoms with Gasteiger partial charge in [0.2, 0.25) is 0 Å². The van der Waals surface area contributed by atoms with Crippen molar-refractivity contribution in [2.24, 2.45) is 28.9 Å². The van der Waals surface area contributed by atoms with Crippen molar-refractivity contribution < 1.29 is 9.31 Å². The Hall–Kier alpha value is -0.0551. The molecule has 2 N–H and O–H groups in total. The molecule has 20 heavy (non-hydrogen) atoms. The molecule has 0 spiro atoms. The van der Waals surface area contributed by atoms with Gasteiger partial charge in [-0.3, -0.25) is 0 Å². The molecule has 1 saturated heterocycles. The summed E-state index contributed by atoms with van der Waals surface area (Å²) < 4.78 is 12.7. The molecule has 1 aliphatic heterocycles. The first-order valence-corrected chi connectivity index (χ1v) is 8.34.